The van der Waals surface area contributed by atoms with Gasteiger partial charge in [-0.1, -0.05) is 95.6 Å². The molecule has 0 aromatic heterocycles. The van der Waals surface area contributed by atoms with Crippen molar-refractivity contribution in [3.8, 4) is 0 Å². The molecule has 0 aliphatic heterocycles. The molecule has 0 atom stereocenters. The van der Waals surface area contributed by atoms with Crippen molar-refractivity contribution in [3.05, 3.63) is 136 Å². The van der Waals surface area contributed by atoms with Gasteiger partial charge in [-0.3, -0.25) is 15.0 Å². The van der Waals surface area contributed by atoms with E-state index in [1.807, 2.05) is 70.2 Å². The van der Waals surface area contributed by atoms with Crippen LogP contribution in [0.5, 0.6) is 0 Å². The molecule has 4 rings (SSSR count). The van der Waals surface area contributed by atoms with Crippen molar-refractivity contribution in [1.82, 2.24) is 5.43 Å². The molecule has 0 saturated heterocycles. The molecule has 5 nitrogen and oxygen atoms in total. The smallest absolute Gasteiger partial charge is 0.280 e. The number of anilines is 1. The van der Waals surface area contributed by atoms with Crippen LogP contribution >= 0.6 is 0 Å². The van der Waals surface area contributed by atoms with Crippen LogP contribution in [-0.2, 0) is 10.4 Å². The molecule has 0 bridgehead atoms. The molecule has 0 spiro atoms. The van der Waals surface area contributed by atoms with E-state index < -0.39 is 17.4 Å². The van der Waals surface area contributed by atoms with E-state index in [1.165, 1.54) is 5.01 Å². The van der Waals surface area contributed by atoms with Crippen LogP contribution in [0.4, 0.5) is 5.69 Å². The molecule has 2 N–H and O–H groups in total. The summed E-state index contributed by atoms with van der Waals surface area (Å²) in [4.78, 5) is 27.6. The van der Waals surface area contributed by atoms with Gasteiger partial charge >= 0.3 is 0 Å². The van der Waals surface area contributed by atoms with Crippen LogP contribution < -0.4 is 10.4 Å². The average molecular weight is 479 g/mol. The minimum Gasteiger partial charge on any atom is -0.372 e. The molecule has 0 radical (unpaired) electrons. The van der Waals surface area contributed by atoms with Gasteiger partial charge in [0.1, 0.15) is 0 Å². The van der Waals surface area contributed by atoms with Gasteiger partial charge in [0.2, 0.25) is 0 Å². The fourth-order valence-corrected chi connectivity index (χ4v) is 4.19. The summed E-state index contributed by atoms with van der Waals surface area (Å²) in [6.45, 7) is 7.72. The van der Waals surface area contributed by atoms with Crippen molar-refractivity contribution in [3.63, 3.8) is 0 Å². The highest BCUT2D eigenvalue weighted by atomic mass is 16.3. The summed E-state index contributed by atoms with van der Waals surface area (Å²) in [6.07, 6.45) is 0. The maximum atomic E-state index is 14.0. The van der Waals surface area contributed by atoms with Gasteiger partial charge < -0.3 is 5.11 Å². The Kier molecular flexibility index (Phi) is 7.04. The van der Waals surface area contributed by atoms with Crippen LogP contribution in [0.1, 0.15) is 43.7 Å². The molecule has 0 heterocycles. The highest BCUT2D eigenvalue weighted by molar-refractivity contribution is 6.08. The number of carbonyl (C=O) groups excluding carboxylic acids is 2. The van der Waals surface area contributed by atoms with E-state index in [4.69, 9.17) is 0 Å². The van der Waals surface area contributed by atoms with Gasteiger partial charge in [-0.2, -0.15) is 0 Å². The Labute approximate surface area is 212 Å². The molecule has 0 aliphatic rings. The number of amides is 2. The second-order valence-electron chi connectivity index (χ2n) is 9.18. The quantitative estimate of drug-likeness (QED) is 0.370. The topological polar surface area (TPSA) is 69.6 Å². The molecule has 0 unspecified atom stereocenters. The summed E-state index contributed by atoms with van der Waals surface area (Å²) in [7, 11) is 0. The maximum Gasteiger partial charge on any atom is 0.280 e. The Hall–Kier alpha value is -4.22. The van der Waals surface area contributed by atoms with Crippen molar-refractivity contribution in [2.45, 2.75) is 33.3 Å². The van der Waals surface area contributed by atoms with Crippen LogP contribution in [0.25, 0.3) is 0 Å². The Morgan fingerprint density at radius 3 is 1.69 bits per heavy atom. The van der Waals surface area contributed by atoms with Crippen molar-refractivity contribution in [2.24, 2.45) is 0 Å². The zero-order valence-electron chi connectivity index (χ0n) is 20.9. The normalized spacial score (nSPS) is 11.1. The largest absolute Gasteiger partial charge is 0.372 e. The Balaban J connectivity index is 1.82. The van der Waals surface area contributed by atoms with Crippen molar-refractivity contribution in [2.75, 3.05) is 5.01 Å². The molecule has 4 aromatic rings. The van der Waals surface area contributed by atoms with E-state index in [9.17, 15) is 14.7 Å². The number of hydrogen-bond acceptors (Lipinski definition) is 3. The van der Waals surface area contributed by atoms with Gasteiger partial charge in [0.15, 0.2) is 5.60 Å². The number of aliphatic hydroxyl groups is 1. The predicted molar refractivity (Wildman–Crippen MR) is 143 cm³/mol. The second kappa shape index (κ2) is 10.2. The van der Waals surface area contributed by atoms with E-state index in [-0.39, 0.29) is 0 Å². The monoisotopic (exact) mass is 478 g/mol. The molecular weight excluding hydrogens is 448 g/mol. The molecule has 0 saturated carbocycles. The standard InChI is InChI=1S/C31H30N2O3/c1-21-10-15-26(16-11-21)31(36,27-17-12-22(2)13-18-27)30(35)32-33(28-19-14-23(3)20-24(28)4)29(34)25-8-6-5-7-9-25/h5-20,36H,1-4H3,(H,32,35). The van der Waals surface area contributed by atoms with Gasteiger partial charge in [-0.05, 0) is 62.6 Å². The van der Waals surface area contributed by atoms with E-state index in [1.54, 1.807) is 54.6 Å². The minimum absolute atomic E-state index is 0.405. The molecule has 36 heavy (non-hydrogen) atoms. The number of carbonyl (C=O) groups is 2. The van der Waals surface area contributed by atoms with E-state index in [0.717, 1.165) is 22.3 Å². The molecule has 2 amide bonds. The van der Waals surface area contributed by atoms with E-state index >= 15 is 0 Å². The fourth-order valence-electron chi connectivity index (χ4n) is 4.19. The van der Waals surface area contributed by atoms with Gasteiger partial charge in [-0.15, -0.1) is 0 Å². The maximum absolute atomic E-state index is 14.0. The number of hydrogen-bond donors (Lipinski definition) is 2. The lowest BCUT2D eigenvalue weighted by molar-refractivity contribution is -0.136. The molecule has 0 fully saturated rings. The highest BCUT2D eigenvalue weighted by Gasteiger charge is 2.41. The minimum atomic E-state index is -2.03. The summed E-state index contributed by atoms with van der Waals surface area (Å²) < 4.78 is 0. The third kappa shape index (κ3) is 4.92. The van der Waals surface area contributed by atoms with E-state index in [2.05, 4.69) is 5.43 Å². The number of nitrogens with zero attached hydrogens (tertiary/aromatic N) is 1. The Bertz CT molecular complexity index is 1330. The average Bonchev–Trinajstić information content (AvgIpc) is 2.88. The summed E-state index contributed by atoms with van der Waals surface area (Å²) in [5.41, 5.74) is 6.32. The molecule has 182 valence electrons. The SMILES string of the molecule is Cc1ccc(C(O)(C(=O)NN(C(=O)c2ccccc2)c2ccc(C)cc2C)c2ccc(C)cc2)cc1. The summed E-state index contributed by atoms with van der Waals surface area (Å²) in [6, 6.07) is 28.7. The van der Waals surface area contributed by atoms with Gasteiger partial charge in [0.05, 0.1) is 5.69 Å². The van der Waals surface area contributed by atoms with Crippen LogP contribution in [0.2, 0.25) is 0 Å². The lowest BCUT2D eigenvalue weighted by Crippen LogP contribution is -2.54. The number of benzene rings is 4. The first-order valence-corrected chi connectivity index (χ1v) is 11.8. The van der Waals surface area contributed by atoms with Gasteiger partial charge in [0.25, 0.3) is 11.8 Å². The third-order valence-corrected chi connectivity index (χ3v) is 6.30. The van der Waals surface area contributed by atoms with Gasteiger partial charge in [-0.25, -0.2) is 5.01 Å². The molecular formula is C31H30N2O3. The first-order chi connectivity index (χ1) is 17.2. The first-order valence-electron chi connectivity index (χ1n) is 11.8. The number of nitrogens with one attached hydrogen (secondary N) is 1. The zero-order chi connectivity index (χ0) is 25.9. The molecule has 4 aromatic carbocycles. The number of aryl methyl sites for hydroxylation is 4. The predicted octanol–water partition coefficient (Wildman–Crippen LogP) is 5.53. The lowest BCUT2D eigenvalue weighted by Gasteiger charge is -2.32. The van der Waals surface area contributed by atoms with Crippen LogP contribution in [0.15, 0.2) is 97.1 Å². The van der Waals surface area contributed by atoms with Crippen LogP contribution in [-0.4, -0.2) is 16.9 Å². The van der Waals surface area contributed by atoms with Crippen molar-refractivity contribution >= 4 is 17.5 Å². The Morgan fingerprint density at radius 1 is 0.694 bits per heavy atom. The van der Waals surface area contributed by atoms with Crippen LogP contribution in [0, 0.1) is 27.7 Å². The molecule has 0 aliphatic carbocycles. The van der Waals surface area contributed by atoms with E-state index in [0.29, 0.717) is 22.4 Å². The summed E-state index contributed by atoms with van der Waals surface area (Å²) in [5.74, 6) is -1.15. The van der Waals surface area contributed by atoms with Crippen molar-refractivity contribution < 1.29 is 14.7 Å². The summed E-state index contributed by atoms with van der Waals surface area (Å²) in [5, 5.41) is 13.2. The lowest BCUT2D eigenvalue weighted by atomic mass is 9.85. The second-order valence-corrected chi connectivity index (χ2v) is 9.18. The number of hydrazine groups is 1. The van der Waals surface area contributed by atoms with Crippen molar-refractivity contribution in [1.29, 1.82) is 0 Å². The van der Waals surface area contributed by atoms with Gasteiger partial charge in [0, 0.05) is 5.56 Å². The third-order valence-electron chi connectivity index (χ3n) is 6.30. The Morgan fingerprint density at radius 2 is 1.19 bits per heavy atom. The highest BCUT2D eigenvalue weighted by Crippen LogP contribution is 2.32. The molecule has 5 heteroatoms. The van der Waals surface area contributed by atoms with Crippen LogP contribution in [0.3, 0.4) is 0 Å². The fraction of sp³-hybridized carbons (Fsp3) is 0.161. The summed E-state index contributed by atoms with van der Waals surface area (Å²) >= 11 is 0. The first kappa shape index (κ1) is 24.9. The number of rotatable bonds is 5. The zero-order valence-corrected chi connectivity index (χ0v) is 20.9.